The van der Waals surface area contributed by atoms with Gasteiger partial charge in [0.2, 0.25) is 0 Å². The summed E-state index contributed by atoms with van der Waals surface area (Å²) < 4.78 is 0. The van der Waals surface area contributed by atoms with E-state index in [0.29, 0.717) is 0 Å². The third-order valence-corrected chi connectivity index (χ3v) is 4.56. The van der Waals surface area contributed by atoms with Crippen molar-refractivity contribution >= 4 is 11.3 Å². The minimum atomic E-state index is 0.876. The molecule has 0 unspecified atom stereocenters. The van der Waals surface area contributed by atoms with Crippen molar-refractivity contribution in [1.29, 1.82) is 0 Å². The Labute approximate surface area is 117 Å². The molecule has 2 aromatic rings. The minimum Gasteiger partial charge on any atom is -0.293 e. The predicted octanol–water partition coefficient (Wildman–Crippen LogP) is 2.42. The number of aryl methyl sites for hydroxylation is 3. The Morgan fingerprint density at radius 1 is 1.26 bits per heavy atom. The minimum absolute atomic E-state index is 0.876. The van der Waals surface area contributed by atoms with Crippen LogP contribution in [0.25, 0.3) is 0 Å². The molecule has 19 heavy (non-hydrogen) atoms. The third-order valence-electron chi connectivity index (χ3n) is 3.50. The quantitative estimate of drug-likeness (QED) is 0.843. The van der Waals surface area contributed by atoms with Crippen molar-refractivity contribution in [3.8, 4) is 0 Å². The largest absolute Gasteiger partial charge is 0.293 e. The second-order valence-corrected chi connectivity index (χ2v) is 6.38. The zero-order chi connectivity index (χ0) is 13.4. The van der Waals surface area contributed by atoms with E-state index in [1.165, 1.54) is 21.8 Å². The molecule has 0 N–H and O–H groups in total. The first-order valence-electron chi connectivity index (χ1n) is 6.58. The van der Waals surface area contributed by atoms with Crippen LogP contribution in [-0.4, -0.2) is 26.4 Å². The standard InChI is InChI=1S/C14H18N4S/c1-9-14(19-11(3)16-9)8-18-5-4-13-12(7-18)6-15-10(2)17-13/h6H,4-5,7-8H2,1-3H3. The van der Waals surface area contributed by atoms with Gasteiger partial charge in [-0.15, -0.1) is 11.3 Å². The van der Waals surface area contributed by atoms with E-state index >= 15 is 0 Å². The zero-order valence-corrected chi connectivity index (χ0v) is 12.4. The molecule has 0 radical (unpaired) electrons. The van der Waals surface area contributed by atoms with E-state index in [1.54, 1.807) is 0 Å². The summed E-state index contributed by atoms with van der Waals surface area (Å²) in [4.78, 5) is 17.2. The zero-order valence-electron chi connectivity index (χ0n) is 11.6. The molecule has 0 fully saturated rings. The van der Waals surface area contributed by atoms with Gasteiger partial charge in [-0.25, -0.2) is 15.0 Å². The first-order valence-corrected chi connectivity index (χ1v) is 7.40. The Hall–Kier alpha value is -1.33. The lowest BCUT2D eigenvalue weighted by atomic mass is 10.1. The monoisotopic (exact) mass is 274 g/mol. The molecule has 5 heteroatoms. The molecule has 0 amide bonds. The Morgan fingerprint density at radius 3 is 2.84 bits per heavy atom. The lowest BCUT2D eigenvalue weighted by Crippen LogP contribution is -2.30. The average molecular weight is 274 g/mol. The summed E-state index contributed by atoms with van der Waals surface area (Å²) >= 11 is 1.81. The van der Waals surface area contributed by atoms with Crippen LogP contribution in [0.15, 0.2) is 6.20 Å². The van der Waals surface area contributed by atoms with Gasteiger partial charge >= 0.3 is 0 Å². The van der Waals surface area contributed by atoms with E-state index in [9.17, 15) is 0 Å². The highest BCUT2D eigenvalue weighted by molar-refractivity contribution is 7.11. The van der Waals surface area contributed by atoms with Crippen LogP contribution in [0.3, 0.4) is 0 Å². The highest BCUT2D eigenvalue weighted by Crippen LogP contribution is 2.23. The lowest BCUT2D eigenvalue weighted by molar-refractivity contribution is 0.244. The van der Waals surface area contributed by atoms with Gasteiger partial charge in [-0.05, 0) is 20.8 Å². The van der Waals surface area contributed by atoms with Crippen molar-refractivity contribution < 1.29 is 0 Å². The van der Waals surface area contributed by atoms with E-state index in [4.69, 9.17) is 0 Å². The molecular weight excluding hydrogens is 256 g/mol. The fraction of sp³-hybridized carbons (Fsp3) is 0.500. The van der Waals surface area contributed by atoms with Crippen LogP contribution in [0.1, 0.15) is 32.7 Å². The topological polar surface area (TPSA) is 41.9 Å². The maximum Gasteiger partial charge on any atom is 0.125 e. The van der Waals surface area contributed by atoms with Gasteiger partial charge in [-0.1, -0.05) is 0 Å². The number of hydrogen-bond acceptors (Lipinski definition) is 5. The van der Waals surface area contributed by atoms with Crippen LogP contribution >= 0.6 is 11.3 Å². The average Bonchev–Trinajstić information content (AvgIpc) is 2.68. The number of thiazole rings is 1. The van der Waals surface area contributed by atoms with E-state index in [-0.39, 0.29) is 0 Å². The summed E-state index contributed by atoms with van der Waals surface area (Å²) in [6.45, 7) is 9.14. The van der Waals surface area contributed by atoms with Gasteiger partial charge in [0.25, 0.3) is 0 Å². The van der Waals surface area contributed by atoms with E-state index in [0.717, 1.165) is 36.9 Å². The highest BCUT2D eigenvalue weighted by Gasteiger charge is 2.19. The van der Waals surface area contributed by atoms with Crippen LogP contribution in [0.4, 0.5) is 0 Å². The van der Waals surface area contributed by atoms with Gasteiger partial charge in [0.05, 0.1) is 10.7 Å². The molecule has 0 spiro atoms. The fourth-order valence-electron chi connectivity index (χ4n) is 2.53. The molecule has 1 aliphatic heterocycles. The third kappa shape index (κ3) is 2.67. The summed E-state index contributed by atoms with van der Waals surface area (Å²) in [5.74, 6) is 0.876. The number of aromatic nitrogens is 3. The summed E-state index contributed by atoms with van der Waals surface area (Å²) in [5.41, 5.74) is 3.67. The molecule has 3 rings (SSSR count). The molecule has 4 nitrogen and oxygen atoms in total. The lowest BCUT2D eigenvalue weighted by Gasteiger charge is -2.27. The molecule has 0 saturated carbocycles. The van der Waals surface area contributed by atoms with Gasteiger partial charge in [-0.2, -0.15) is 0 Å². The Morgan fingerprint density at radius 2 is 2.11 bits per heavy atom. The van der Waals surface area contributed by atoms with E-state index < -0.39 is 0 Å². The second kappa shape index (κ2) is 4.98. The molecular formula is C14H18N4S. The first-order chi connectivity index (χ1) is 9.11. The predicted molar refractivity (Wildman–Crippen MR) is 76.2 cm³/mol. The van der Waals surface area contributed by atoms with Crippen molar-refractivity contribution in [2.24, 2.45) is 0 Å². The normalized spacial score (nSPS) is 15.5. The molecule has 0 saturated heterocycles. The number of nitrogens with zero attached hydrogens (tertiary/aromatic N) is 4. The van der Waals surface area contributed by atoms with E-state index in [1.807, 2.05) is 24.5 Å². The number of rotatable bonds is 2. The summed E-state index contributed by atoms with van der Waals surface area (Å²) in [5, 5.41) is 1.16. The molecule has 0 aromatic carbocycles. The van der Waals surface area contributed by atoms with Crippen molar-refractivity contribution in [2.75, 3.05) is 6.54 Å². The summed E-state index contributed by atoms with van der Waals surface area (Å²) in [6, 6.07) is 0. The van der Waals surface area contributed by atoms with Crippen LogP contribution < -0.4 is 0 Å². The van der Waals surface area contributed by atoms with E-state index in [2.05, 4.69) is 33.7 Å². The summed E-state index contributed by atoms with van der Waals surface area (Å²) in [6.07, 6.45) is 3.00. The SMILES string of the molecule is Cc1ncc2c(n1)CCN(Cc1sc(C)nc1C)C2. The number of fused-ring (bicyclic) bond motifs is 1. The van der Waals surface area contributed by atoms with Crippen molar-refractivity contribution in [3.63, 3.8) is 0 Å². The van der Waals surface area contributed by atoms with Crippen LogP contribution in [0.5, 0.6) is 0 Å². The molecule has 0 bridgehead atoms. The second-order valence-electron chi connectivity index (χ2n) is 5.09. The Kier molecular flexibility index (Phi) is 3.33. The highest BCUT2D eigenvalue weighted by atomic mass is 32.1. The first kappa shape index (κ1) is 12.7. The smallest absolute Gasteiger partial charge is 0.125 e. The Bertz CT molecular complexity index is 605. The molecule has 0 aliphatic carbocycles. The van der Waals surface area contributed by atoms with Crippen molar-refractivity contribution in [1.82, 2.24) is 19.9 Å². The van der Waals surface area contributed by atoms with Crippen molar-refractivity contribution in [2.45, 2.75) is 40.3 Å². The van der Waals surface area contributed by atoms with Crippen molar-refractivity contribution in [3.05, 3.63) is 38.9 Å². The molecule has 100 valence electrons. The molecule has 2 aromatic heterocycles. The molecule has 1 aliphatic rings. The van der Waals surface area contributed by atoms with Gasteiger partial charge in [0, 0.05) is 48.4 Å². The molecule has 0 atom stereocenters. The molecule has 3 heterocycles. The summed E-state index contributed by atoms with van der Waals surface area (Å²) in [7, 11) is 0. The number of hydrogen-bond donors (Lipinski definition) is 0. The maximum absolute atomic E-state index is 4.53. The van der Waals surface area contributed by atoms with Crippen LogP contribution in [0.2, 0.25) is 0 Å². The Balaban J connectivity index is 1.75. The maximum atomic E-state index is 4.53. The van der Waals surface area contributed by atoms with Gasteiger partial charge < -0.3 is 0 Å². The van der Waals surface area contributed by atoms with Crippen LogP contribution in [0, 0.1) is 20.8 Å². The fourth-order valence-corrected chi connectivity index (χ4v) is 3.51. The van der Waals surface area contributed by atoms with Crippen LogP contribution in [-0.2, 0) is 19.5 Å². The van der Waals surface area contributed by atoms with Gasteiger partial charge in [0.1, 0.15) is 5.82 Å². The van der Waals surface area contributed by atoms with Gasteiger partial charge in [-0.3, -0.25) is 4.90 Å². The van der Waals surface area contributed by atoms with Gasteiger partial charge in [0.15, 0.2) is 0 Å².